The number of amides is 1. The molecule has 4 nitrogen and oxygen atoms in total. The minimum Gasteiger partial charge on any atom is -0.361 e. The molecule has 0 aliphatic rings. The number of aryl methyl sites for hydroxylation is 1. The van der Waals surface area contributed by atoms with Crippen LogP contribution in [0.1, 0.15) is 16.1 Å². The van der Waals surface area contributed by atoms with Crippen molar-refractivity contribution in [2.75, 3.05) is 5.32 Å². The highest BCUT2D eigenvalue weighted by Crippen LogP contribution is 2.26. The summed E-state index contributed by atoms with van der Waals surface area (Å²) in [6.45, 7) is 1.71. The fraction of sp³-hybridized carbons (Fsp3) is 0.0667. The number of hydrogen-bond acceptors (Lipinski definition) is 3. The summed E-state index contributed by atoms with van der Waals surface area (Å²) in [7, 11) is 0. The van der Waals surface area contributed by atoms with E-state index in [4.69, 9.17) is 4.52 Å². The number of halogens is 1. The summed E-state index contributed by atoms with van der Waals surface area (Å²) in [6.07, 6.45) is 1.42. The van der Waals surface area contributed by atoms with Gasteiger partial charge in [-0.3, -0.25) is 4.79 Å². The summed E-state index contributed by atoms with van der Waals surface area (Å²) < 4.78 is 5.92. The molecule has 2 aromatic carbocycles. The smallest absolute Gasteiger partial charge is 0.260 e. The van der Waals surface area contributed by atoms with Crippen molar-refractivity contribution in [2.45, 2.75) is 6.92 Å². The van der Waals surface area contributed by atoms with Crippen LogP contribution in [0.4, 0.5) is 5.69 Å². The molecule has 0 aliphatic carbocycles. The van der Waals surface area contributed by atoms with Gasteiger partial charge in [0.05, 0.1) is 6.20 Å². The predicted molar refractivity (Wildman–Crippen MR) is 80.8 cm³/mol. The van der Waals surface area contributed by atoms with Gasteiger partial charge in [0, 0.05) is 10.2 Å². The zero-order chi connectivity index (χ0) is 14.1. The molecular weight excluding hydrogens is 320 g/mol. The van der Waals surface area contributed by atoms with Crippen molar-refractivity contribution in [2.24, 2.45) is 0 Å². The van der Waals surface area contributed by atoms with Crippen LogP contribution < -0.4 is 5.32 Å². The highest BCUT2D eigenvalue weighted by Gasteiger charge is 2.13. The van der Waals surface area contributed by atoms with E-state index in [-0.39, 0.29) is 5.91 Å². The maximum atomic E-state index is 12.1. The molecule has 3 aromatic rings. The molecule has 0 fully saturated rings. The number of carbonyl (C=O) groups is 1. The first-order valence-corrected chi connectivity index (χ1v) is 6.85. The summed E-state index contributed by atoms with van der Waals surface area (Å²) in [5, 5.41) is 8.60. The number of hydrogen-bond donors (Lipinski definition) is 1. The minimum atomic E-state index is -0.224. The Morgan fingerprint density at radius 2 is 2.15 bits per heavy atom. The third kappa shape index (κ3) is 2.32. The monoisotopic (exact) mass is 330 g/mol. The van der Waals surface area contributed by atoms with Gasteiger partial charge in [-0.05, 0) is 35.9 Å². The molecule has 1 N–H and O–H groups in total. The summed E-state index contributed by atoms with van der Waals surface area (Å²) in [4.78, 5) is 12.1. The molecule has 20 heavy (non-hydrogen) atoms. The Hall–Kier alpha value is -2.14. The number of carbonyl (C=O) groups excluding carboxylic acids is 1. The van der Waals surface area contributed by atoms with Crippen molar-refractivity contribution < 1.29 is 9.32 Å². The summed E-state index contributed by atoms with van der Waals surface area (Å²) >= 11 is 3.51. The first-order valence-electron chi connectivity index (χ1n) is 6.06. The lowest BCUT2D eigenvalue weighted by Gasteiger charge is -2.06. The van der Waals surface area contributed by atoms with Crippen LogP contribution in [-0.2, 0) is 0 Å². The number of fused-ring (bicyclic) bond motifs is 1. The van der Waals surface area contributed by atoms with Gasteiger partial charge >= 0.3 is 0 Å². The molecule has 0 aliphatic heterocycles. The Bertz CT molecular complexity index is 795. The van der Waals surface area contributed by atoms with Crippen molar-refractivity contribution in [3.63, 3.8) is 0 Å². The number of aromatic nitrogens is 1. The molecule has 0 spiro atoms. The first kappa shape index (κ1) is 12.9. The van der Waals surface area contributed by atoms with Gasteiger partial charge in [0.2, 0.25) is 0 Å². The molecule has 5 heteroatoms. The number of nitrogens with one attached hydrogen (secondary N) is 1. The molecule has 100 valence electrons. The molecule has 0 saturated carbocycles. The molecule has 0 bridgehead atoms. The summed E-state index contributed by atoms with van der Waals surface area (Å²) in [6, 6.07) is 11.7. The van der Waals surface area contributed by atoms with Gasteiger partial charge < -0.3 is 9.84 Å². The van der Waals surface area contributed by atoms with Crippen LogP contribution >= 0.6 is 15.9 Å². The van der Waals surface area contributed by atoms with E-state index in [0.29, 0.717) is 11.3 Å². The lowest BCUT2D eigenvalue weighted by Crippen LogP contribution is -2.12. The second-order valence-electron chi connectivity index (χ2n) is 4.43. The molecule has 0 unspecified atom stereocenters. The Balaban J connectivity index is 1.92. The number of rotatable bonds is 2. The number of anilines is 1. The average Bonchev–Trinajstić information content (AvgIpc) is 2.85. The van der Waals surface area contributed by atoms with Crippen LogP contribution in [0.5, 0.6) is 0 Å². The third-order valence-corrected chi connectivity index (χ3v) is 3.77. The lowest BCUT2D eigenvalue weighted by atomic mass is 10.1. The van der Waals surface area contributed by atoms with Gasteiger partial charge in [-0.1, -0.05) is 39.3 Å². The van der Waals surface area contributed by atoms with Gasteiger partial charge in [-0.25, -0.2) is 0 Å². The van der Waals surface area contributed by atoms with E-state index in [1.54, 1.807) is 6.92 Å². The standard InChI is InChI=1S/C15H11BrN2O2/c1-9-13(8-17-20-9)15(19)18-11-5-6-12-10(7-11)3-2-4-14(12)16/h2-8H,1H3,(H,18,19). The molecule has 1 heterocycles. The second kappa shape index (κ2) is 5.09. The maximum absolute atomic E-state index is 12.1. The normalized spacial score (nSPS) is 10.7. The lowest BCUT2D eigenvalue weighted by molar-refractivity contribution is 0.102. The van der Waals surface area contributed by atoms with Gasteiger partial charge in [0.25, 0.3) is 5.91 Å². The minimum absolute atomic E-state index is 0.224. The van der Waals surface area contributed by atoms with E-state index in [1.807, 2.05) is 36.4 Å². The molecule has 1 aromatic heterocycles. The molecule has 3 rings (SSSR count). The van der Waals surface area contributed by atoms with Crippen LogP contribution in [0.3, 0.4) is 0 Å². The largest absolute Gasteiger partial charge is 0.361 e. The topological polar surface area (TPSA) is 55.1 Å². The summed E-state index contributed by atoms with van der Waals surface area (Å²) in [5.41, 5.74) is 1.18. The van der Waals surface area contributed by atoms with E-state index < -0.39 is 0 Å². The Morgan fingerprint density at radius 3 is 2.90 bits per heavy atom. The van der Waals surface area contributed by atoms with Crippen molar-refractivity contribution in [3.8, 4) is 0 Å². The van der Waals surface area contributed by atoms with Crippen LogP contribution in [0.25, 0.3) is 10.8 Å². The van der Waals surface area contributed by atoms with E-state index in [9.17, 15) is 4.79 Å². The van der Waals surface area contributed by atoms with Gasteiger partial charge in [0.1, 0.15) is 11.3 Å². The Labute approximate surface area is 123 Å². The van der Waals surface area contributed by atoms with Gasteiger partial charge in [0.15, 0.2) is 0 Å². The molecule has 0 saturated heterocycles. The fourth-order valence-corrected chi connectivity index (χ4v) is 2.55. The molecule has 1 amide bonds. The zero-order valence-electron chi connectivity index (χ0n) is 10.7. The maximum Gasteiger partial charge on any atom is 0.260 e. The van der Waals surface area contributed by atoms with E-state index in [2.05, 4.69) is 26.4 Å². The van der Waals surface area contributed by atoms with E-state index in [0.717, 1.165) is 20.9 Å². The third-order valence-electron chi connectivity index (χ3n) is 3.08. The van der Waals surface area contributed by atoms with Crippen LogP contribution in [0, 0.1) is 6.92 Å². The average molecular weight is 331 g/mol. The highest BCUT2D eigenvalue weighted by atomic mass is 79.9. The Kier molecular flexibility index (Phi) is 3.28. The van der Waals surface area contributed by atoms with Gasteiger partial charge in [-0.15, -0.1) is 0 Å². The number of nitrogens with zero attached hydrogens (tertiary/aromatic N) is 1. The molecule has 0 atom stereocenters. The quantitative estimate of drug-likeness (QED) is 0.767. The van der Waals surface area contributed by atoms with Crippen LogP contribution in [0.2, 0.25) is 0 Å². The van der Waals surface area contributed by atoms with Crippen molar-refractivity contribution in [3.05, 3.63) is 58.4 Å². The SMILES string of the molecule is Cc1oncc1C(=O)Nc1ccc2c(Br)cccc2c1. The van der Waals surface area contributed by atoms with E-state index >= 15 is 0 Å². The number of benzene rings is 2. The van der Waals surface area contributed by atoms with Crippen molar-refractivity contribution >= 4 is 38.3 Å². The first-order chi connectivity index (χ1) is 9.65. The van der Waals surface area contributed by atoms with Crippen molar-refractivity contribution in [1.82, 2.24) is 5.16 Å². The molecule has 0 radical (unpaired) electrons. The van der Waals surface area contributed by atoms with Crippen molar-refractivity contribution in [1.29, 1.82) is 0 Å². The second-order valence-corrected chi connectivity index (χ2v) is 5.28. The Morgan fingerprint density at radius 1 is 1.30 bits per heavy atom. The van der Waals surface area contributed by atoms with Gasteiger partial charge in [-0.2, -0.15) is 0 Å². The van der Waals surface area contributed by atoms with E-state index in [1.165, 1.54) is 6.20 Å². The molecular formula is C15H11BrN2O2. The zero-order valence-corrected chi connectivity index (χ0v) is 12.3. The highest BCUT2D eigenvalue weighted by molar-refractivity contribution is 9.10. The predicted octanol–water partition coefficient (Wildman–Crippen LogP) is 4.15. The fourth-order valence-electron chi connectivity index (χ4n) is 2.04. The van der Waals surface area contributed by atoms with Crippen LogP contribution in [-0.4, -0.2) is 11.1 Å². The van der Waals surface area contributed by atoms with Crippen LogP contribution in [0.15, 0.2) is 51.6 Å². The summed E-state index contributed by atoms with van der Waals surface area (Å²) in [5.74, 6) is 0.282.